The highest BCUT2D eigenvalue weighted by Gasteiger charge is 2.54. The normalized spacial score (nSPS) is 17.0. The summed E-state index contributed by atoms with van der Waals surface area (Å²) in [5, 5.41) is 12.1. The number of hydrogen-bond acceptors (Lipinski definition) is 6. The van der Waals surface area contributed by atoms with Crippen molar-refractivity contribution >= 4 is 23.8 Å². The maximum atomic E-state index is 13.7. The molecule has 1 fully saturated rings. The molecular weight excluding hydrogens is 512 g/mol. The summed E-state index contributed by atoms with van der Waals surface area (Å²) >= 11 is 0. The standard InChI is InChI=1S/C31H30N2O7/c1-19(2)25(31(38)40-26(21-13-7-4-8-14-21)22-15-9-5-10-16-22)33-28(35)24(29(33)39-20(3)30(36)37)32-27(34)23-17-11-6-12-18-23/h4-18,20,24,26,29H,1-3H3,(H,32,34)(H,36,37)/t20-,24-,29+/m0/s1. The first-order valence-corrected chi connectivity index (χ1v) is 12.7. The van der Waals surface area contributed by atoms with E-state index in [1.165, 1.54) is 6.92 Å². The first-order valence-electron chi connectivity index (χ1n) is 12.7. The van der Waals surface area contributed by atoms with E-state index < -0.39 is 48.2 Å². The maximum Gasteiger partial charge on any atom is 0.356 e. The Balaban J connectivity index is 1.63. The first-order chi connectivity index (χ1) is 19.2. The highest BCUT2D eigenvalue weighted by Crippen LogP contribution is 2.33. The number of carboxylic acid groups (broad SMARTS) is 1. The second-order valence-corrected chi connectivity index (χ2v) is 9.49. The maximum absolute atomic E-state index is 13.7. The van der Waals surface area contributed by atoms with E-state index in [0.29, 0.717) is 11.1 Å². The largest absolute Gasteiger partial charge is 0.479 e. The lowest BCUT2D eigenvalue weighted by Crippen LogP contribution is -2.72. The Morgan fingerprint density at radius 3 is 1.82 bits per heavy atom. The Bertz CT molecular complexity index is 1360. The van der Waals surface area contributed by atoms with E-state index >= 15 is 0 Å². The van der Waals surface area contributed by atoms with Gasteiger partial charge in [-0.2, -0.15) is 0 Å². The van der Waals surface area contributed by atoms with E-state index in [2.05, 4.69) is 5.32 Å². The molecule has 2 amide bonds. The van der Waals surface area contributed by atoms with Crippen molar-refractivity contribution in [1.29, 1.82) is 0 Å². The molecular formula is C31H30N2O7. The van der Waals surface area contributed by atoms with E-state index in [-0.39, 0.29) is 5.70 Å². The minimum atomic E-state index is -1.33. The second-order valence-electron chi connectivity index (χ2n) is 9.49. The van der Waals surface area contributed by atoms with Crippen molar-refractivity contribution in [3.63, 3.8) is 0 Å². The molecule has 9 heteroatoms. The van der Waals surface area contributed by atoms with Gasteiger partial charge in [0.2, 0.25) is 0 Å². The molecule has 2 N–H and O–H groups in total. The Hall–Kier alpha value is -4.76. The predicted octanol–water partition coefficient (Wildman–Crippen LogP) is 4.07. The van der Waals surface area contributed by atoms with Gasteiger partial charge in [0.1, 0.15) is 5.70 Å². The van der Waals surface area contributed by atoms with Gasteiger partial charge >= 0.3 is 11.9 Å². The summed E-state index contributed by atoms with van der Waals surface area (Å²) in [5.74, 6) is -3.22. The van der Waals surface area contributed by atoms with Gasteiger partial charge in [-0.15, -0.1) is 0 Å². The van der Waals surface area contributed by atoms with Gasteiger partial charge in [0, 0.05) is 5.56 Å². The topological polar surface area (TPSA) is 122 Å². The molecule has 0 spiro atoms. The molecule has 206 valence electrons. The molecule has 4 rings (SSSR count). The van der Waals surface area contributed by atoms with E-state index in [1.807, 2.05) is 60.7 Å². The zero-order valence-corrected chi connectivity index (χ0v) is 22.3. The van der Waals surface area contributed by atoms with Crippen molar-refractivity contribution < 1.29 is 33.8 Å². The number of esters is 1. The van der Waals surface area contributed by atoms with Gasteiger partial charge in [0.25, 0.3) is 11.8 Å². The van der Waals surface area contributed by atoms with Gasteiger partial charge < -0.3 is 19.9 Å². The summed E-state index contributed by atoms with van der Waals surface area (Å²) in [6.45, 7) is 4.58. The summed E-state index contributed by atoms with van der Waals surface area (Å²) in [5.41, 5.74) is 2.13. The number of carboxylic acids is 1. The van der Waals surface area contributed by atoms with Crippen LogP contribution in [-0.4, -0.2) is 52.1 Å². The number of carbonyl (C=O) groups is 4. The highest BCUT2D eigenvalue weighted by molar-refractivity contribution is 6.03. The Labute approximate surface area is 232 Å². The van der Waals surface area contributed by atoms with Crippen LogP contribution in [0.2, 0.25) is 0 Å². The van der Waals surface area contributed by atoms with Crippen LogP contribution in [0, 0.1) is 0 Å². The third-order valence-corrected chi connectivity index (χ3v) is 6.39. The van der Waals surface area contributed by atoms with Gasteiger partial charge in [0.05, 0.1) is 0 Å². The minimum absolute atomic E-state index is 0.0883. The smallest absolute Gasteiger partial charge is 0.356 e. The molecule has 1 saturated heterocycles. The lowest BCUT2D eigenvalue weighted by molar-refractivity contribution is -0.194. The fourth-order valence-electron chi connectivity index (χ4n) is 4.35. The van der Waals surface area contributed by atoms with Crippen LogP contribution in [-0.2, 0) is 23.9 Å². The summed E-state index contributed by atoms with van der Waals surface area (Å²) in [6.07, 6.45) is -3.35. The highest BCUT2D eigenvalue weighted by atomic mass is 16.6. The number of hydrogen-bond donors (Lipinski definition) is 2. The number of rotatable bonds is 10. The molecule has 0 radical (unpaired) electrons. The van der Waals surface area contributed by atoms with Crippen LogP contribution in [0.15, 0.2) is 102 Å². The van der Waals surface area contributed by atoms with Crippen molar-refractivity contribution in [2.45, 2.75) is 45.2 Å². The second kappa shape index (κ2) is 12.4. The monoisotopic (exact) mass is 542 g/mol. The van der Waals surface area contributed by atoms with Gasteiger partial charge in [-0.05, 0) is 49.6 Å². The number of β-lactam (4-membered cyclic amide) rings is 1. The minimum Gasteiger partial charge on any atom is -0.479 e. The van der Waals surface area contributed by atoms with Crippen molar-refractivity contribution in [3.05, 3.63) is 119 Å². The third kappa shape index (κ3) is 6.10. The van der Waals surface area contributed by atoms with Crippen LogP contribution in [0.5, 0.6) is 0 Å². The first kappa shape index (κ1) is 28.3. The number of allylic oxidation sites excluding steroid dienone is 1. The summed E-state index contributed by atoms with van der Waals surface area (Å²) in [7, 11) is 0. The fourth-order valence-corrected chi connectivity index (χ4v) is 4.35. The Morgan fingerprint density at radius 2 is 1.35 bits per heavy atom. The molecule has 9 nitrogen and oxygen atoms in total. The number of nitrogens with zero attached hydrogens (tertiary/aromatic N) is 1. The van der Waals surface area contributed by atoms with Crippen molar-refractivity contribution in [1.82, 2.24) is 10.2 Å². The number of ether oxygens (including phenoxy) is 2. The van der Waals surface area contributed by atoms with Crippen molar-refractivity contribution in [2.24, 2.45) is 0 Å². The predicted molar refractivity (Wildman–Crippen MR) is 146 cm³/mol. The van der Waals surface area contributed by atoms with Crippen LogP contribution in [0.25, 0.3) is 0 Å². The number of nitrogens with one attached hydrogen (secondary N) is 1. The van der Waals surface area contributed by atoms with E-state index in [0.717, 1.165) is 16.0 Å². The fraction of sp³-hybridized carbons (Fsp3) is 0.226. The molecule has 1 aliphatic heterocycles. The summed E-state index contributed by atoms with van der Waals surface area (Å²) < 4.78 is 11.7. The van der Waals surface area contributed by atoms with Crippen LogP contribution >= 0.6 is 0 Å². The van der Waals surface area contributed by atoms with E-state index in [4.69, 9.17) is 9.47 Å². The average Bonchev–Trinajstić information content (AvgIpc) is 2.97. The quantitative estimate of drug-likeness (QED) is 0.225. The molecule has 0 aromatic heterocycles. The summed E-state index contributed by atoms with van der Waals surface area (Å²) in [6, 6.07) is 25.4. The Kier molecular flexibility index (Phi) is 8.76. The van der Waals surface area contributed by atoms with Gasteiger partial charge in [-0.1, -0.05) is 78.9 Å². The number of amides is 2. The summed E-state index contributed by atoms with van der Waals surface area (Å²) in [4.78, 5) is 52.6. The zero-order valence-electron chi connectivity index (χ0n) is 22.3. The lowest BCUT2D eigenvalue weighted by atomic mass is 9.99. The molecule has 1 aliphatic rings. The molecule has 0 saturated carbocycles. The molecule has 0 unspecified atom stereocenters. The van der Waals surface area contributed by atoms with Crippen LogP contribution in [0.3, 0.4) is 0 Å². The van der Waals surface area contributed by atoms with Crippen LogP contribution < -0.4 is 5.32 Å². The van der Waals surface area contributed by atoms with E-state index in [9.17, 15) is 24.3 Å². The number of likely N-dealkylation sites (tertiary alicyclic amines) is 1. The average molecular weight is 543 g/mol. The molecule has 3 aromatic carbocycles. The molecule has 1 heterocycles. The third-order valence-electron chi connectivity index (χ3n) is 6.39. The Morgan fingerprint density at radius 1 is 0.850 bits per heavy atom. The molecule has 3 atom stereocenters. The van der Waals surface area contributed by atoms with Crippen molar-refractivity contribution in [3.8, 4) is 0 Å². The van der Waals surface area contributed by atoms with Gasteiger partial charge in [-0.25, -0.2) is 9.59 Å². The SMILES string of the molecule is CC(C)=C(C(=O)OC(c1ccccc1)c1ccccc1)N1C(=O)[C@H](NC(=O)c2ccccc2)[C@H]1O[C@@H](C)C(=O)O. The van der Waals surface area contributed by atoms with Crippen LogP contribution in [0.4, 0.5) is 0 Å². The number of carbonyl (C=O) groups excluding carboxylic acids is 3. The molecule has 3 aromatic rings. The van der Waals surface area contributed by atoms with Crippen LogP contribution in [0.1, 0.15) is 48.4 Å². The van der Waals surface area contributed by atoms with Crippen molar-refractivity contribution in [2.75, 3.05) is 0 Å². The molecule has 40 heavy (non-hydrogen) atoms. The number of benzene rings is 3. The number of aliphatic carboxylic acids is 1. The lowest BCUT2D eigenvalue weighted by Gasteiger charge is -2.47. The van der Waals surface area contributed by atoms with E-state index in [1.54, 1.807) is 44.2 Å². The van der Waals surface area contributed by atoms with Gasteiger partial charge in [0.15, 0.2) is 24.5 Å². The van der Waals surface area contributed by atoms with Gasteiger partial charge in [-0.3, -0.25) is 14.5 Å². The zero-order chi connectivity index (χ0) is 28.8. The molecule has 0 aliphatic carbocycles. The molecule has 0 bridgehead atoms.